The number of rotatable bonds is 21. The molecule has 0 spiro atoms. The summed E-state index contributed by atoms with van der Waals surface area (Å²) in [6.07, 6.45) is -1.20. The van der Waals surface area contributed by atoms with Crippen LogP contribution in [-0.2, 0) is 34.9 Å². The number of hydrogen-bond acceptors (Lipinski definition) is 14. The number of nitro benzene ring substituents is 1. The molecule has 0 bridgehead atoms. The maximum atomic E-state index is 15.0. The summed E-state index contributed by atoms with van der Waals surface area (Å²) in [6, 6.07) is 6.75. The number of anilines is 1. The lowest BCUT2D eigenvalue weighted by Gasteiger charge is -2.39. The van der Waals surface area contributed by atoms with E-state index in [1.165, 1.54) is 30.3 Å². The molecule has 78 heavy (non-hydrogen) atoms. The number of benzene rings is 2. The minimum Gasteiger partial charge on any atom is -0.370 e. The summed E-state index contributed by atoms with van der Waals surface area (Å²) in [5.74, 6) is -12.0. The van der Waals surface area contributed by atoms with Crippen molar-refractivity contribution >= 4 is 70.7 Å². The molecule has 7 atom stereocenters. The first kappa shape index (κ1) is 56.8. The zero-order chi connectivity index (χ0) is 57.3. The normalized spacial score (nSPS) is 17.1. The van der Waals surface area contributed by atoms with Crippen LogP contribution in [0.5, 0.6) is 0 Å². The summed E-state index contributed by atoms with van der Waals surface area (Å²) >= 11 is 0. The molecule has 24 N–H and O–H groups in total. The first-order valence-electron chi connectivity index (χ1n) is 22.7. The second-order valence-electron chi connectivity index (χ2n) is 17.0. The van der Waals surface area contributed by atoms with Gasteiger partial charge in [-0.05, 0) is 57.6 Å². The van der Waals surface area contributed by atoms with Gasteiger partial charge in [-0.3, -0.25) is 38.9 Å². The van der Waals surface area contributed by atoms with E-state index in [1.54, 1.807) is 18.2 Å². The van der Waals surface area contributed by atoms with Gasteiger partial charge in [-0.25, -0.2) is 20.0 Å². The van der Waals surface area contributed by atoms with Crippen molar-refractivity contribution in [3.63, 3.8) is 0 Å². The van der Waals surface area contributed by atoms with E-state index < -0.39 is 131 Å². The van der Waals surface area contributed by atoms with Crippen molar-refractivity contribution in [2.45, 2.75) is 49.5 Å². The first-order chi connectivity index (χ1) is 36.7. The van der Waals surface area contributed by atoms with E-state index in [1.807, 2.05) is 46.3 Å². The minimum atomic E-state index is -5.30. The standard InChI is InChI=1S/C46H51F3N20O9/c47-46(48,49)26-17-24(69(77)78)14-15-27(26)68(18-23-16-22-10-4-8-19-12-13-20-9-5-11-25(23)29(20)28(19)22)41(76)40(75)59-30(21-6-2-1-3-7-21)36(71)61-33(65-43(53)54)38(73)63-35(67-45(57)58)39(74)62-34(66-44(55)56)37(72)60-32(31(50)70)64-42(51)52/h1-7,9-17,29-30,32-35,41,76H,8,18H2,(H2,50,70)(H,59,75)(H,60,72)(H,61,71)(H,62,74)(H,63,73)(H4,51,52,64)(H4,53,54,65)(H4,55,56,66)(H4,57,58,67). The molecule has 6 amide bonds. The van der Waals surface area contributed by atoms with E-state index in [0.717, 1.165) is 28.9 Å². The van der Waals surface area contributed by atoms with E-state index in [9.17, 15) is 44.0 Å². The van der Waals surface area contributed by atoms with Crippen molar-refractivity contribution in [2.75, 3.05) is 11.4 Å². The second kappa shape index (κ2) is 23.8. The first-order valence-corrected chi connectivity index (χ1v) is 22.7. The molecular weight excluding hydrogens is 1030 g/mol. The van der Waals surface area contributed by atoms with Crippen molar-refractivity contribution in [1.82, 2.24) is 26.6 Å². The van der Waals surface area contributed by atoms with E-state index >= 15 is 13.2 Å². The Labute approximate surface area is 438 Å². The molecule has 0 fully saturated rings. The number of alkyl halides is 3. The lowest BCUT2D eigenvalue weighted by molar-refractivity contribution is -0.385. The van der Waals surface area contributed by atoms with Crippen molar-refractivity contribution in [2.24, 2.45) is 77.5 Å². The Morgan fingerprint density at radius 2 is 1.24 bits per heavy atom. The van der Waals surface area contributed by atoms with Crippen LogP contribution >= 0.6 is 0 Å². The van der Waals surface area contributed by atoms with Gasteiger partial charge in [0.05, 0.1) is 16.2 Å². The number of nitrogens with two attached hydrogens (primary N) is 9. The number of non-ortho nitro benzene ring substituents is 1. The van der Waals surface area contributed by atoms with Crippen LogP contribution in [0.15, 0.2) is 151 Å². The average Bonchev–Trinajstić information content (AvgIpc) is 3.49. The van der Waals surface area contributed by atoms with Crippen molar-refractivity contribution in [1.29, 1.82) is 0 Å². The summed E-state index contributed by atoms with van der Waals surface area (Å²) in [5, 5.41) is 34.3. The number of carbonyl (C=O) groups is 6. The van der Waals surface area contributed by atoms with Crippen molar-refractivity contribution in [3.05, 3.63) is 152 Å². The predicted molar refractivity (Wildman–Crippen MR) is 275 cm³/mol. The summed E-state index contributed by atoms with van der Waals surface area (Å²) in [7, 11) is 0. The monoisotopic (exact) mass is 1080 g/mol. The fraction of sp³-hybridized carbons (Fsp3) is 0.217. The van der Waals surface area contributed by atoms with Gasteiger partial charge < -0.3 is 88.2 Å². The number of aliphatic hydroxyl groups excluding tert-OH is 1. The Bertz CT molecular complexity index is 3150. The van der Waals surface area contributed by atoms with E-state index in [2.05, 4.69) is 30.6 Å². The number of allylic oxidation sites excluding steroid dienone is 12. The number of primary amides is 1. The van der Waals surface area contributed by atoms with Crippen LogP contribution in [0.1, 0.15) is 23.6 Å². The maximum Gasteiger partial charge on any atom is 0.418 e. The van der Waals surface area contributed by atoms with Gasteiger partial charge in [-0.1, -0.05) is 72.9 Å². The third-order valence-corrected chi connectivity index (χ3v) is 11.6. The molecule has 0 aromatic heterocycles. The highest BCUT2D eigenvalue weighted by molar-refractivity contribution is 5.99. The molecule has 2 aromatic carbocycles. The van der Waals surface area contributed by atoms with Crippen LogP contribution in [-0.4, -0.2) is 107 Å². The number of amides is 6. The minimum absolute atomic E-state index is 0.0596. The number of hydrogen-bond donors (Lipinski definition) is 15. The Balaban J connectivity index is 1.33. The molecule has 7 unspecified atom stereocenters. The number of nitrogens with one attached hydrogen (secondary N) is 5. The summed E-state index contributed by atoms with van der Waals surface area (Å²) in [5.41, 5.74) is 50.0. The molecule has 0 saturated carbocycles. The fourth-order valence-electron chi connectivity index (χ4n) is 8.34. The van der Waals surface area contributed by atoms with Gasteiger partial charge in [-0.15, -0.1) is 0 Å². The zero-order valence-electron chi connectivity index (χ0n) is 40.4. The number of aliphatic hydroxyl groups is 1. The molecule has 0 radical (unpaired) electrons. The molecule has 2 aromatic rings. The molecule has 0 saturated heterocycles. The Kier molecular flexibility index (Phi) is 17.3. The third kappa shape index (κ3) is 13.6. The summed E-state index contributed by atoms with van der Waals surface area (Å²) in [4.78, 5) is 107. The van der Waals surface area contributed by atoms with Gasteiger partial charge in [0.2, 0.25) is 36.8 Å². The largest absolute Gasteiger partial charge is 0.418 e. The maximum absolute atomic E-state index is 15.0. The Hall–Kier alpha value is -10.5. The van der Waals surface area contributed by atoms with Crippen LogP contribution in [0.3, 0.4) is 0 Å². The topological polar surface area (TPSA) is 513 Å². The lowest BCUT2D eigenvalue weighted by atomic mass is 9.67. The highest BCUT2D eigenvalue weighted by atomic mass is 19.4. The lowest BCUT2D eigenvalue weighted by Crippen LogP contribution is -2.58. The molecular formula is C46H51F3N20O9. The van der Waals surface area contributed by atoms with E-state index in [-0.39, 0.29) is 17.5 Å². The molecule has 0 aliphatic heterocycles. The highest BCUT2D eigenvalue weighted by Gasteiger charge is 2.42. The van der Waals surface area contributed by atoms with Crippen LogP contribution in [0.4, 0.5) is 24.5 Å². The molecule has 4 aliphatic carbocycles. The van der Waals surface area contributed by atoms with Gasteiger partial charge >= 0.3 is 6.18 Å². The molecule has 0 heterocycles. The molecule has 410 valence electrons. The number of guanidine groups is 4. The summed E-state index contributed by atoms with van der Waals surface area (Å²) < 4.78 is 45.0. The highest BCUT2D eigenvalue weighted by Crippen LogP contribution is 2.49. The SMILES string of the molecule is NC(=O)C(N=C(N)N)NC(=O)C(N=C(N)N)NC(=O)C(N=C(N)N)NC(=O)C(N=C(N)N)NC(=O)C(NC(=O)C(O)N(CC1=C2C=CC=C3C=CC4=C(C(=C1)C=CC4)C32)c1ccc([N+](=O)[O-])cc1C(F)(F)F)c1ccccc1. The van der Waals surface area contributed by atoms with Crippen LogP contribution in [0.25, 0.3) is 0 Å². The third-order valence-electron chi connectivity index (χ3n) is 11.6. The van der Waals surface area contributed by atoms with E-state index in [4.69, 9.17) is 51.6 Å². The smallest absolute Gasteiger partial charge is 0.370 e. The fourth-order valence-corrected chi connectivity index (χ4v) is 8.34. The molecule has 4 aliphatic rings. The number of carbonyl (C=O) groups excluding carboxylic acids is 6. The van der Waals surface area contributed by atoms with Gasteiger partial charge in [0, 0.05) is 24.6 Å². The van der Waals surface area contributed by atoms with Crippen LogP contribution < -0.4 is 83.1 Å². The average molecular weight is 1090 g/mol. The quantitative estimate of drug-likeness (QED) is 0.0187. The van der Waals surface area contributed by atoms with E-state index in [0.29, 0.717) is 28.0 Å². The Morgan fingerprint density at radius 3 is 1.77 bits per heavy atom. The van der Waals surface area contributed by atoms with Gasteiger partial charge in [0.1, 0.15) is 6.04 Å². The molecule has 32 heteroatoms. The molecule has 29 nitrogen and oxygen atoms in total. The Morgan fingerprint density at radius 1 is 0.705 bits per heavy atom. The van der Waals surface area contributed by atoms with Gasteiger partial charge in [0.15, 0.2) is 23.8 Å². The number of halogens is 3. The van der Waals surface area contributed by atoms with Crippen molar-refractivity contribution in [3.8, 4) is 0 Å². The van der Waals surface area contributed by atoms with Crippen molar-refractivity contribution < 1.29 is 52.0 Å². The number of nitro groups is 1. The van der Waals surface area contributed by atoms with Gasteiger partial charge in [-0.2, -0.15) is 13.2 Å². The van der Waals surface area contributed by atoms with Crippen LogP contribution in [0.2, 0.25) is 0 Å². The summed E-state index contributed by atoms with van der Waals surface area (Å²) in [6.45, 7) is -0.620. The number of nitrogens with zero attached hydrogens (tertiary/aromatic N) is 6. The van der Waals surface area contributed by atoms with Gasteiger partial charge in [0.25, 0.3) is 35.2 Å². The number of aliphatic imine (C=N–C) groups is 4. The van der Waals surface area contributed by atoms with Crippen LogP contribution in [0, 0.1) is 16.0 Å². The predicted octanol–water partition coefficient (Wildman–Crippen LogP) is -3.88. The zero-order valence-corrected chi connectivity index (χ0v) is 40.4. The second-order valence-corrected chi connectivity index (χ2v) is 17.0. The molecule has 6 rings (SSSR count).